The van der Waals surface area contributed by atoms with Gasteiger partial charge in [-0.05, 0) is 38.1 Å². The SMILES string of the molecule is CCCNC(C(CC)CC)C1CC2CCC1O2. The van der Waals surface area contributed by atoms with E-state index in [0.29, 0.717) is 18.2 Å². The van der Waals surface area contributed by atoms with Crippen molar-refractivity contribution in [3.8, 4) is 0 Å². The lowest BCUT2D eigenvalue weighted by Crippen LogP contribution is -2.45. The van der Waals surface area contributed by atoms with E-state index >= 15 is 0 Å². The molecular formula is C15H29NO. The molecule has 4 atom stereocenters. The molecule has 2 bridgehead atoms. The minimum atomic E-state index is 0.565. The average Bonchev–Trinajstić information content (AvgIpc) is 2.96. The van der Waals surface area contributed by atoms with Crippen molar-refractivity contribution in [3.63, 3.8) is 0 Å². The van der Waals surface area contributed by atoms with Gasteiger partial charge >= 0.3 is 0 Å². The molecule has 2 heteroatoms. The molecule has 17 heavy (non-hydrogen) atoms. The van der Waals surface area contributed by atoms with Crippen LogP contribution in [0.15, 0.2) is 0 Å². The predicted octanol–water partition coefficient (Wildman–Crippen LogP) is 3.36. The van der Waals surface area contributed by atoms with E-state index in [1.54, 1.807) is 0 Å². The largest absolute Gasteiger partial charge is 0.375 e. The molecule has 0 amide bonds. The second-order valence-corrected chi connectivity index (χ2v) is 5.83. The van der Waals surface area contributed by atoms with Crippen LogP contribution in [0.25, 0.3) is 0 Å². The van der Waals surface area contributed by atoms with Crippen molar-refractivity contribution in [2.24, 2.45) is 11.8 Å². The van der Waals surface area contributed by atoms with Gasteiger partial charge < -0.3 is 10.1 Å². The first kappa shape index (κ1) is 13.4. The summed E-state index contributed by atoms with van der Waals surface area (Å²) in [6.07, 6.45) is 8.91. The van der Waals surface area contributed by atoms with Crippen LogP contribution in [0.5, 0.6) is 0 Å². The Hall–Kier alpha value is -0.0800. The number of fused-ring (bicyclic) bond motifs is 2. The zero-order chi connectivity index (χ0) is 12.3. The topological polar surface area (TPSA) is 21.3 Å². The van der Waals surface area contributed by atoms with E-state index in [1.807, 2.05) is 0 Å². The van der Waals surface area contributed by atoms with Crippen molar-refractivity contribution in [3.05, 3.63) is 0 Å². The van der Waals surface area contributed by atoms with Crippen LogP contribution >= 0.6 is 0 Å². The molecule has 0 spiro atoms. The first-order chi connectivity index (χ1) is 8.30. The van der Waals surface area contributed by atoms with Crippen molar-refractivity contribution in [2.45, 2.75) is 77.5 Å². The van der Waals surface area contributed by atoms with Gasteiger partial charge in [0, 0.05) is 12.0 Å². The standard InChI is InChI=1S/C15H29NO/c1-4-9-16-15(11(5-2)6-3)13-10-12-7-8-14(13)17-12/h11-16H,4-10H2,1-3H3. The highest BCUT2D eigenvalue weighted by atomic mass is 16.5. The van der Waals surface area contributed by atoms with E-state index in [-0.39, 0.29) is 0 Å². The molecule has 0 aromatic heterocycles. The Morgan fingerprint density at radius 3 is 2.41 bits per heavy atom. The lowest BCUT2D eigenvalue weighted by Gasteiger charge is -2.35. The molecule has 100 valence electrons. The molecule has 0 aliphatic carbocycles. The lowest BCUT2D eigenvalue weighted by molar-refractivity contribution is 0.0785. The van der Waals surface area contributed by atoms with Gasteiger partial charge in [-0.3, -0.25) is 0 Å². The van der Waals surface area contributed by atoms with Crippen LogP contribution in [-0.4, -0.2) is 24.8 Å². The van der Waals surface area contributed by atoms with Gasteiger partial charge in [0.25, 0.3) is 0 Å². The Morgan fingerprint density at radius 2 is 1.94 bits per heavy atom. The minimum Gasteiger partial charge on any atom is -0.375 e. The maximum absolute atomic E-state index is 6.04. The lowest BCUT2D eigenvalue weighted by atomic mass is 9.77. The van der Waals surface area contributed by atoms with Crippen LogP contribution < -0.4 is 5.32 Å². The number of hydrogen-bond donors (Lipinski definition) is 1. The smallest absolute Gasteiger partial charge is 0.0623 e. The summed E-state index contributed by atoms with van der Waals surface area (Å²) in [6.45, 7) is 8.09. The molecule has 2 heterocycles. The zero-order valence-electron chi connectivity index (χ0n) is 11.7. The van der Waals surface area contributed by atoms with Gasteiger partial charge in [-0.15, -0.1) is 0 Å². The second-order valence-electron chi connectivity index (χ2n) is 5.83. The van der Waals surface area contributed by atoms with Crippen molar-refractivity contribution in [1.82, 2.24) is 5.32 Å². The molecular weight excluding hydrogens is 210 g/mol. The molecule has 0 aromatic rings. The van der Waals surface area contributed by atoms with E-state index in [0.717, 1.165) is 18.4 Å². The van der Waals surface area contributed by atoms with Crippen LogP contribution in [0.3, 0.4) is 0 Å². The second kappa shape index (κ2) is 6.19. The summed E-state index contributed by atoms with van der Waals surface area (Å²) < 4.78 is 6.04. The molecule has 2 fully saturated rings. The van der Waals surface area contributed by atoms with Crippen molar-refractivity contribution < 1.29 is 4.74 Å². The van der Waals surface area contributed by atoms with Gasteiger partial charge in [-0.25, -0.2) is 0 Å². The van der Waals surface area contributed by atoms with Crippen LogP contribution in [0, 0.1) is 11.8 Å². The molecule has 2 aliphatic rings. The number of ether oxygens (including phenoxy) is 1. The van der Waals surface area contributed by atoms with Crippen LogP contribution in [0.2, 0.25) is 0 Å². The van der Waals surface area contributed by atoms with Crippen molar-refractivity contribution in [2.75, 3.05) is 6.54 Å². The van der Waals surface area contributed by atoms with Crippen LogP contribution in [0.4, 0.5) is 0 Å². The molecule has 0 aromatic carbocycles. The monoisotopic (exact) mass is 239 g/mol. The highest BCUT2D eigenvalue weighted by Gasteiger charge is 2.45. The molecule has 2 nitrogen and oxygen atoms in total. The molecule has 2 rings (SSSR count). The Balaban J connectivity index is 1.98. The summed E-state index contributed by atoms with van der Waals surface area (Å²) in [5, 5.41) is 3.82. The Kier molecular flexibility index (Phi) is 4.87. The summed E-state index contributed by atoms with van der Waals surface area (Å²) in [5.41, 5.74) is 0. The fourth-order valence-corrected chi connectivity index (χ4v) is 3.83. The molecule has 2 saturated heterocycles. The fourth-order valence-electron chi connectivity index (χ4n) is 3.83. The molecule has 4 unspecified atom stereocenters. The molecule has 0 saturated carbocycles. The van der Waals surface area contributed by atoms with Gasteiger partial charge in [0.15, 0.2) is 0 Å². The summed E-state index contributed by atoms with van der Waals surface area (Å²) >= 11 is 0. The van der Waals surface area contributed by atoms with E-state index < -0.39 is 0 Å². The van der Waals surface area contributed by atoms with Crippen molar-refractivity contribution in [1.29, 1.82) is 0 Å². The first-order valence-electron chi connectivity index (χ1n) is 7.68. The maximum Gasteiger partial charge on any atom is 0.0623 e. The van der Waals surface area contributed by atoms with Gasteiger partial charge in [0.05, 0.1) is 12.2 Å². The third kappa shape index (κ3) is 2.85. The molecule has 0 radical (unpaired) electrons. The zero-order valence-corrected chi connectivity index (χ0v) is 11.7. The average molecular weight is 239 g/mol. The fraction of sp³-hybridized carbons (Fsp3) is 1.00. The number of rotatable bonds is 7. The summed E-state index contributed by atoms with van der Waals surface area (Å²) in [6, 6.07) is 0.695. The summed E-state index contributed by atoms with van der Waals surface area (Å²) in [5.74, 6) is 1.61. The summed E-state index contributed by atoms with van der Waals surface area (Å²) in [7, 11) is 0. The number of nitrogens with one attached hydrogen (secondary N) is 1. The highest BCUT2D eigenvalue weighted by Crippen LogP contribution is 2.42. The van der Waals surface area contributed by atoms with E-state index in [1.165, 1.54) is 38.5 Å². The van der Waals surface area contributed by atoms with Crippen molar-refractivity contribution >= 4 is 0 Å². The van der Waals surface area contributed by atoms with Gasteiger partial charge in [0.2, 0.25) is 0 Å². The van der Waals surface area contributed by atoms with Gasteiger partial charge in [-0.2, -0.15) is 0 Å². The van der Waals surface area contributed by atoms with Gasteiger partial charge in [-0.1, -0.05) is 33.6 Å². The predicted molar refractivity (Wildman–Crippen MR) is 72.2 cm³/mol. The Labute approximate surface area is 107 Å². The minimum absolute atomic E-state index is 0.565. The van der Waals surface area contributed by atoms with E-state index in [4.69, 9.17) is 4.74 Å². The van der Waals surface area contributed by atoms with E-state index in [2.05, 4.69) is 26.1 Å². The van der Waals surface area contributed by atoms with Gasteiger partial charge in [0.1, 0.15) is 0 Å². The number of hydrogen-bond acceptors (Lipinski definition) is 2. The first-order valence-corrected chi connectivity index (χ1v) is 7.68. The molecule has 1 N–H and O–H groups in total. The highest BCUT2D eigenvalue weighted by molar-refractivity contribution is 4.97. The van der Waals surface area contributed by atoms with Crippen LogP contribution in [-0.2, 0) is 4.74 Å². The normalized spacial score (nSPS) is 33.5. The third-order valence-electron chi connectivity index (χ3n) is 4.80. The Morgan fingerprint density at radius 1 is 1.18 bits per heavy atom. The third-order valence-corrected chi connectivity index (χ3v) is 4.80. The quantitative estimate of drug-likeness (QED) is 0.735. The molecule has 2 aliphatic heterocycles. The van der Waals surface area contributed by atoms with Crippen LogP contribution in [0.1, 0.15) is 59.3 Å². The summed E-state index contributed by atoms with van der Waals surface area (Å²) in [4.78, 5) is 0. The maximum atomic E-state index is 6.04. The Bertz CT molecular complexity index is 227. The van der Waals surface area contributed by atoms with E-state index in [9.17, 15) is 0 Å².